The number of unbranched alkanes of at least 4 members (excludes halogenated alkanes) is 1. The zero-order valence-corrected chi connectivity index (χ0v) is 10.1. The van der Waals surface area contributed by atoms with Crippen molar-refractivity contribution < 1.29 is 9.59 Å². The molecular weight excluding hydrogens is 210 g/mol. The van der Waals surface area contributed by atoms with E-state index in [1.54, 1.807) is 11.8 Å². The Balaban J connectivity index is 2.14. The summed E-state index contributed by atoms with van der Waals surface area (Å²) in [6.07, 6.45) is 3.45. The second-order valence-corrected chi connectivity index (χ2v) is 4.93. The summed E-state index contributed by atoms with van der Waals surface area (Å²) in [5.41, 5.74) is 0. The van der Waals surface area contributed by atoms with Crippen molar-refractivity contribution in [2.24, 2.45) is 0 Å². The van der Waals surface area contributed by atoms with Gasteiger partial charge in [-0.15, -0.1) is 0 Å². The van der Waals surface area contributed by atoms with Crippen LogP contribution < -0.4 is 0 Å². The summed E-state index contributed by atoms with van der Waals surface area (Å²) in [6, 6.07) is 0. The molecule has 0 aromatic rings. The van der Waals surface area contributed by atoms with Crippen molar-refractivity contribution in [2.45, 2.75) is 32.6 Å². The van der Waals surface area contributed by atoms with Crippen LogP contribution in [0.25, 0.3) is 0 Å². The molecule has 15 heavy (non-hydrogen) atoms. The number of Topliss-reactive ketones (excluding diaryl/α,β-unsaturated/α-hetero) is 1. The van der Waals surface area contributed by atoms with E-state index in [1.165, 1.54) is 12.8 Å². The third-order valence-corrected chi connectivity index (χ3v) is 3.57. The molecule has 0 aliphatic carbocycles. The smallest absolute Gasteiger partial charge is 0.232 e. The number of carbonyl (C=O) groups excluding carboxylic acids is 2. The van der Waals surface area contributed by atoms with E-state index in [4.69, 9.17) is 0 Å². The summed E-state index contributed by atoms with van der Waals surface area (Å²) in [5.74, 6) is 2.13. The number of amides is 1. The van der Waals surface area contributed by atoms with Gasteiger partial charge in [0, 0.05) is 25.9 Å². The van der Waals surface area contributed by atoms with Crippen molar-refractivity contribution >= 4 is 23.5 Å². The van der Waals surface area contributed by atoms with E-state index in [-0.39, 0.29) is 11.7 Å². The fourth-order valence-electron chi connectivity index (χ4n) is 1.50. The lowest BCUT2D eigenvalue weighted by Gasteiger charge is -2.25. The second kappa shape index (κ2) is 6.88. The summed E-state index contributed by atoms with van der Waals surface area (Å²) < 4.78 is 0. The highest BCUT2D eigenvalue weighted by Gasteiger charge is 2.19. The monoisotopic (exact) mass is 229 g/mol. The molecule has 3 nitrogen and oxygen atoms in total. The summed E-state index contributed by atoms with van der Waals surface area (Å²) in [6.45, 7) is 3.41. The highest BCUT2D eigenvalue weighted by atomic mass is 32.2. The lowest BCUT2D eigenvalue weighted by Crippen LogP contribution is -2.39. The van der Waals surface area contributed by atoms with Crippen LogP contribution in [0.15, 0.2) is 0 Å². The number of nitrogens with zero attached hydrogens (tertiary/aromatic N) is 1. The van der Waals surface area contributed by atoms with Gasteiger partial charge in [-0.2, -0.15) is 11.8 Å². The molecule has 0 aromatic heterocycles. The van der Waals surface area contributed by atoms with Crippen LogP contribution in [0.3, 0.4) is 0 Å². The summed E-state index contributed by atoms with van der Waals surface area (Å²) in [5, 5.41) is 0. The van der Waals surface area contributed by atoms with Gasteiger partial charge in [0.15, 0.2) is 0 Å². The van der Waals surface area contributed by atoms with E-state index in [2.05, 4.69) is 6.92 Å². The zero-order chi connectivity index (χ0) is 11.1. The van der Waals surface area contributed by atoms with Gasteiger partial charge in [0.25, 0.3) is 0 Å². The van der Waals surface area contributed by atoms with Crippen LogP contribution in [-0.2, 0) is 9.59 Å². The van der Waals surface area contributed by atoms with Gasteiger partial charge in [-0.05, 0) is 12.2 Å². The van der Waals surface area contributed by atoms with Crippen molar-refractivity contribution in [1.29, 1.82) is 0 Å². The molecule has 0 unspecified atom stereocenters. The fraction of sp³-hybridized carbons (Fsp3) is 0.818. The molecule has 1 rings (SSSR count). The van der Waals surface area contributed by atoms with Crippen LogP contribution >= 0.6 is 11.8 Å². The first kappa shape index (κ1) is 12.6. The van der Waals surface area contributed by atoms with Gasteiger partial charge in [0.1, 0.15) is 5.78 Å². The van der Waals surface area contributed by atoms with Crippen molar-refractivity contribution in [2.75, 3.05) is 24.6 Å². The summed E-state index contributed by atoms with van der Waals surface area (Å²) in [7, 11) is 0. The van der Waals surface area contributed by atoms with Crippen LogP contribution in [-0.4, -0.2) is 41.2 Å². The quantitative estimate of drug-likeness (QED) is 0.674. The number of hydrogen-bond acceptors (Lipinski definition) is 3. The Morgan fingerprint density at radius 2 is 2.07 bits per heavy atom. The number of thioether (sulfide) groups is 1. The second-order valence-electron chi connectivity index (χ2n) is 3.83. The average molecular weight is 229 g/mol. The third kappa shape index (κ3) is 4.69. The molecule has 0 atom stereocenters. The molecule has 1 saturated heterocycles. The van der Waals surface area contributed by atoms with Gasteiger partial charge in [0.05, 0.1) is 5.75 Å². The van der Waals surface area contributed by atoms with Crippen molar-refractivity contribution in [3.8, 4) is 0 Å². The largest absolute Gasteiger partial charge is 0.341 e. The summed E-state index contributed by atoms with van der Waals surface area (Å²) >= 11 is 1.70. The van der Waals surface area contributed by atoms with E-state index in [1.807, 2.05) is 4.90 Å². The van der Waals surface area contributed by atoms with Gasteiger partial charge < -0.3 is 4.90 Å². The number of rotatable bonds is 5. The molecule has 1 amide bonds. The lowest BCUT2D eigenvalue weighted by molar-refractivity contribution is -0.132. The molecule has 0 N–H and O–H groups in total. The number of likely N-dealkylation sites (tertiary alicyclic amines) is 1. The average Bonchev–Trinajstić information content (AvgIpc) is 2.25. The van der Waals surface area contributed by atoms with Crippen LogP contribution in [0.1, 0.15) is 32.6 Å². The van der Waals surface area contributed by atoms with Gasteiger partial charge in [-0.3, -0.25) is 9.59 Å². The zero-order valence-electron chi connectivity index (χ0n) is 9.33. The molecule has 0 saturated carbocycles. The van der Waals surface area contributed by atoms with E-state index in [9.17, 15) is 9.59 Å². The minimum absolute atomic E-state index is 0.198. The minimum atomic E-state index is 0.198. The molecule has 1 aliphatic rings. The van der Waals surface area contributed by atoms with Crippen LogP contribution in [0.2, 0.25) is 0 Å². The maximum Gasteiger partial charge on any atom is 0.232 e. The fourth-order valence-corrected chi connectivity index (χ4v) is 2.50. The normalized spacial score (nSPS) is 16.9. The molecule has 0 aromatic carbocycles. The Kier molecular flexibility index (Phi) is 5.76. The minimum Gasteiger partial charge on any atom is -0.341 e. The van der Waals surface area contributed by atoms with Crippen molar-refractivity contribution in [3.63, 3.8) is 0 Å². The Hall–Kier alpha value is -0.510. The van der Waals surface area contributed by atoms with E-state index in [0.29, 0.717) is 31.7 Å². The van der Waals surface area contributed by atoms with E-state index < -0.39 is 0 Å². The van der Waals surface area contributed by atoms with Crippen LogP contribution in [0.5, 0.6) is 0 Å². The first-order valence-corrected chi connectivity index (χ1v) is 6.76. The molecule has 1 fully saturated rings. The molecule has 86 valence electrons. The molecular formula is C11H19NO2S. The Morgan fingerprint density at radius 1 is 1.40 bits per heavy atom. The predicted molar refractivity (Wildman–Crippen MR) is 63.1 cm³/mol. The van der Waals surface area contributed by atoms with Crippen molar-refractivity contribution in [1.82, 2.24) is 4.90 Å². The molecule has 0 spiro atoms. The van der Waals surface area contributed by atoms with Crippen LogP contribution in [0.4, 0.5) is 0 Å². The van der Waals surface area contributed by atoms with Gasteiger partial charge in [-0.1, -0.05) is 13.3 Å². The molecule has 1 aliphatic heterocycles. The molecule has 0 radical (unpaired) electrons. The van der Waals surface area contributed by atoms with E-state index >= 15 is 0 Å². The molecule has 4 heteroatoms. The van der Waals surface area contributed by atoms with Crippen LogP contribution in [0, 0.1) is 0 Å². The third-order valence-electron chi connectivity index (χ3n) is 2.54. The lowest BCUT2D eigenvalue weighted by atomic mass is 10.1. The highest BCUT2D eigenvalue weighted by Crippen LogP contribution is 2.10. The number of carbonyl (C=O) groups is 2. The first-order chi connectivity index (χ1) is 7.24. The predicted octanol–water partition coefficient (Wildman–Crippen LogP) is 1.71. The number of piperidine rings is 1. The van der Waals surface area contributed by atoms with Crippen molar-refractivity contribution in [3.05, 3.63) is 0 Å². The maximum absolute atomic E-state index is 11.7. The summed E-state index contributed by atoms with van der Waals surface area (Å²) in [4.78, 5) is 24.5. The number of hydrogen-bond donors (Lipinski definition) is 0. The Labute approximate surface area is 95.6 Å². The molecule has 0 bridgehead atoms. The number of ketones is 1. The standard InChI is InChI=1S/C11H19NO2S/c1-2-3-8-15-9-11(14)12-6-4-10(13)5-7-12/h2-9H2,1H3. The molecule has 1 heterocycles. The highest BCUT2D eigenvalue weighted by molar-refractivity contribution is 7.99. The SMILES string of the molecule is CCCCSCC(=O)N1CCC(=O)CC1. The van der Waals surface area contributed by atoms with Gasteiger partial charge in [-0.25, -0.2) is 0 Å². The van der Waals surface area contributed by atoms with Gasteiger partial charge >= 0.3 is 0 Å². The first-order valence-electron chi connectivity index (χ1n) is 5.61. The topological polar surface area (TPSA) is 37.4 Å². The van der Waals surface area contributed by atoms with Gasteiger partial charge in [0.2, 0.25) is 5.91 Å². The Morgan fingerprint density at radius 3 is 2.67 bits per heavy atom. The van der Waals surface area contributed by atoms with E-state index in [0.717, 1.165) is 5.75 Å². The maximum atomic E-state index is 11.7. The Bertz CT molecular complexity index is 221.